The van der Waals surface area contributed by atoms with Crippen LogP contribution in [0.4, 0.5) is 11.4 Å². The van der Waals surface area contributed by atoms with Crippen molar-refractivity contribution in [1.82, 2.24) is 5.16 Å². The first-order valence-electron chi connectivity index (χ1n) is 5.32. The summed E-state index contributed by atoms with van der Waals surface area (Å²) in [4.78, 5) is 11.6. The number of nitrogens with one attached hydrogen (secondary N) is 1. The Kier molecular flexibility index (Phi) is 3.47. The van der Waals surface area contributed by atoms with E-state index < -0.39 is 5.97 Å². The van der Waals surface area contributed by atoms with Crippen LogP contribution < -0.4 is 11.1 Å². The van der Waals surface area contributed by atoms with Crippen molar-refractivity contribution >= 4 is 17.3 Å². The van der Waals surface area contributed by atoms with Gasteiger partial charge in [0.1, 0.15) is 0 Å². The van der Waals surface area contributed by atoms with E-state index in [0.717, 1.165) is 0 Å². The van der Waals surface area contributed by atoms with E-state index in [2.05, 4.69) is 10.5 Å². The molecule has 6 heteroatoms. The van der Waals surface area contributed by atoms with Crippen molar-refractivity contribution in [3.8, 4) is 0 Å². The molecule has 1 aromatic carbocycles. The number of aromatic nitrogens is 1. The molecule has 0 saturated heterocycles. The zero-order valence-electron chi connectivity index (χ0n) is 9.84. The van der Waals surface area contributed by atoms with Gasteiger partial charge in [-0.25, -0.2) is 4.79 Å². The van der Waals surface area contributed by atoms with Gasteiger partial charge in [0.2, 0.25) is 0 Å². The normalized spacial score (nSPS) is 10.1. The lowest BCUT2D eigenvalue weighted by Crippen LogP contribution is -2.10. The van der Waals surface area contributed by atoms with Gasteiger partial charge in [0.25, 0.3) is 0 Å². The third kappa shape index (κ3) is 2.42. The van der Waals surface area contributed by atoms with E-state index in [0.29, 0.717) is 29.2 Å². The lowest BCUT2D eigenvalue weighted by Gasteiger charge is -2.11. The van der Waals surface area contributed by atoms with E-state index in [1.54, 1.807) is 30.5 Å². The second-order valence-corrected chi connectivity index (χ2v) is 3.59. The summed E-state index contributed by atoms with van der Waals surface area (Å²) in [6.07, 6.45) is 1.55. The molecule has 1 heterocycles. The molecule has 2 rings (SSSR count). The van der Waals surface area contributed by atoms with Crippen molar-refractivity contribution in [3.05, 3.63) is 41.8 Å². The lowest BCUT2D eigenvalue weighted by molar-refractivity contribution is 0.0602. The van der Waals surface area contributed by atoms with E-state index in [-0.39, 0.29) is 0 Å². The molecule has 0 radical (unpaired) electrons. The fourth-order valence-corrected chi connectivity index (χ4v) is 1.56. The molecule has 0 saturated carbocycles. The number of rotatable bonds is 4. The number of benzene rings is 1. The number of esters is 1. The summed E-state index contributed by atoms with van der Waals surface area (Å²) in [6.45, 7) is 0.387. The summed E-state index contributed by atoms with van der Waals surface area (Å²) in [5.41, 5.74) is 7.22. The Hall–Kier alpha value is -2.50. The number of nitrogens with two attached hydrogens (primary N) is 1. The monoisotopic (exact) mass is 247 g/mol. The summed E-state index contributed by atoms with van der Waals surface area (Å²) in [6, 6.07) is 6.77. The smallest absolute Gasteiger partial charge is 0.340 e. The molecule has 0 amide bonds. The predicted molar refractivity (Wildman–Crippen MR) is 66.0 cm³/mol. The minimum absolute atomic E-state index is 0.386. The lowest BCUT2D eigenvalue weighted by atomic mass is 10.1. The standard InChI is InChI=1S/C12H13N3O3/c1-17-12(16)9-3-2-4-10(13)11(9)14-7-8-5-6-15-18-8/h2-6,14H,7,13H2,1H3. The number of anilines is 2. The molecule has 1 aromatic heterocycles. The Balaban J connectivity index is 2.22. The van der Waals surface area contributed by atoms with Crippen LogP contribution in [0.2, 0.25) is 0 Å². The van der Waals surface area contributed by atoms with Crippen molar-refractivity contribution in [2.45, 2.75) is 6.54 Å². The maximum atomic E-state index is 11.6. The van der Waals surface area contributed by atoms with Crippen LogP contribution in [0.5, 0.6) is 0 Å². The first-order chi connectivity index (χ1) is 8.72. The summed E-state index contributed by atoms with van der Waals surface area (Å²) in [5, 5.41) is 6.63. The number of nitrogen functional groups attached to an aromatic ring is 1. The van der Waals surface area contributed by atoms with Crippen LogP contribution in [-0.2, 0) is 11.3 Å². The number of hydrogen-bond acceptors (Lipinski definition) is 6. The number of methoxy groups -OCH3 is 1. The first kappa shape index (κ1) is 12.0. The van der Waals surface area contributed by atoms with E-state index in [9.17, 15) is 4.79 Å². The zero-order valence-corrected chi connectivity index (χ0v) is 9.84. The molecule has 0 spiro atoms. The summed E-state index contributed by atoms with van der Waals surface area (Å²) in [5.74, 6) is 0.205. The van der Waals surface area contributed by atoms with Gasteiger partial charge in [0.15, 0.2) is 5.76 Å². The van der Waals surface area contributed by atoms with E-state index in [4.69, 9.17) is 15.0 Å². The van der Waals surface area contributed by atoms with Gasteiger partial charge in [-0.3, -0.25) is 0 Å². The molecule has 18 heavy (non-hydrogen) atoms. The highest BCUT2D eigenvalue weighted by Gasteiger charge is 2.14. The molecule has 2 aromatic rings. The van der Waals surface area contributed by atoms with Crippen LogP contribution in [0.1, 0.15) is 16.1 Å². The number of nitrogens with zero attached hydrogens (tertiary/aromatic N) is 1. The predicted octanol–water partition coefficient (Wildman–Crippen LogP) is 1.66. The van der Waals surface area contributed by atoms with Gasteiger partial charge in [-0.15, -0.1) is 0 Å². The Morgan fingerprint density at radius 2 is 2.33 bits per heavy atom. The molecule has 3 N–H and O–H groups in total. The minimum atomic E-state index is -0.442. The summed E-state index contributed by atoms with van der Waals surface area (Å²) in [7, 11) is 1.33. The average Bonchev–Trinajstić information content (AvgIpc) is 2.89. The van der Waals surface area contributed by atoms with Gasteiger partial charge in [-0.1, -0.05) is 11.2 Å². The number of ether oxygens (including phenoxy) is 1. The van der Waals surface area contributed by atoms with Gasteiger partial charge < -0.3 is 20.3 Å². The molecular weight excluding hydrogens is 234 g/mol. The molecule has 0 unspecified atom stereocenters. The molecular formula is C12H13N3O3. The topological polar surface area (TPSA) is 90.4 Å². The van der Waals surface area contributed by atoms with Crippen LogP contribution in [0.25, 0.3) is 0 Å². The van der Waals surface area contributed by atoms with Crippen LogP contribution in [0.15, 0.2) is 35.0 Å². The van der Waals surface area contributed by atoms with Gasteiger partial charge >= 0.3 is 5.97 Å². The van der Waals surface area contributed by atoms with Crippen molar-refractivity contribution in [2.75, 3.05) is 18.2 Å². The van der Waals surface area contributed by atoms with Crippen molar-refractivity contribution in [1.29, 1.82) is 0 Å². The third-order valence-corrected chi connectivity index (χ3v) is 2.43. The largest absolute Gasteiger partial charge is 0.465 e. The number of hydrogen-bond donors (Lipinski definition) is 2. The summed E-state index contributed by atoms with van der Waals surface area (Å²) < 4.78 is 9.65. The van der Waals surface area contributed by atoms with Crippen molar-refractivity contribution < 1.29 is 14.1 Å². The maximum absolute atomic E-state index is 11.6. The molecule has 6 nitrogen and oxygen atoms in total. The second kappa shape index (κ2) is 5.22. The fraction of sp³-hybridized carbons (Fsp3) is 0.167. The fourth-order valence-electron chi connectivity index (χ4n) is 1.56. The van der Waals surface area contributed by atoms with E-state index in [1.165, 1.54) is 7.11 Å². The van der Waals surface area contributed by atoms with Crippen molar-refractivity contribution in [3.63, 3.8) is 0 Å². The van der Waals surface area contributed by atoms with Gasteiger partial charge in [0.05, 0.1) is 36.8 Å². The third-order valence-electron chi connectivity index (χ3n) is 2.43. The highest BCUT2D eigenvalue weighted by molar-refractivity contribution is 5.98. The first-order valence-corrected chi connectivity index (χ1v) is 5.32. The number of para-hydroxylation sites is 1. The van der Waals surface area contributed by atoms with Gasteiger partial charge in [-0.05, 0) is 12.1 Å². The molecule has 0 bridgehead atoms. The van der Waals surface area contributed by atoms with Crippen LogP contribution >= 0.6 is 0 Å². The Morgan fingerprint density at radius 3 is 3.00 bits per heavy atom. The highest BCUT2D eigenvalue weighted by Crippen LogP contribution is 2.24. The van der Waals surface area contributed by atoms with Crippen LogP contribution in [0, 0.1) is 0 Å². The molecule has 94 valence electrons. The average molecular weight is 247 g/mol. The van der Waals surface area contributed by atoms with Crippen LogP contribution in [-0.4, -0.2) is 18.2 Å². The molecule has 0 aliphatic heterocycles. The van der Waals surface area contributed by atoms with E-state index >= 15 is 0 Å². The quantitative estimate of drug-likeness (QED) is 0.630. The zero-order chi connectivity index (χ0) is 13.0. The van der Waals surface area contributed by atoms with Crippen molar-refractivity contribution in [2.24, 2.45) is 0 Å². The molecule has 0 fully saturated rings. The SMILES string of the molecule is COC(=O)c1cccc(N)c1NCc1ccno1. The van der Waals surface area contributed by atoms with Gasteiger partial charge in [-0.2, -0.15) is 0 Å². The molecule has 0 aliphatic rings. The second-order valence-electron chi connectivity index (χ2n) is 3.59. The minimum Gasteiger partial charge on any atom is -0.465 e. The Bertz CT molecular complexity index is 538. The Morgan fingerprint density at radius 1 is 1.50 bits per heavy atom. The van der Waals surface area contributed by atoms with E-state index in [1.807, 2.05) is 0 Å². The van der Waals surface area contributed by atoms with Gasteiger partial charge in [0, 0.05) is 6.07 Å². The number of carbonyl (C=O) groups is 1. The maximum Gasteiger partial charge on any atom is 0.340 e. The molecule has 0 atom stereocenters. The number of carbonyl (C=O) groups excluding carboxylic acids is 1. The summed E-state index contributed by atoms with van der Waals surface area (Å²) >= 11 is 0. The Labute approximate surface area is 104 Å². The van der Waals surface area contributed by atoms with Crippen LogP contribution in [0.3, 0.4) is 0 Å². The highest BCUT2D eigenvalue weighted by atomic mass is 16.5. The molecule has 0 aliphatic carbocycles.